The van der Waals surface area contributed by atoms with E-state index in [0.717, 1.165) is 22.8 Å². The molecule has 0 N–H and O–H groups in total. The van der Waals surface area contributed by atoms with E-state index in [-0.39, 0.29) is 30.5 Å². The van der Waals surface area contributed by atoms with Gasteiger partial charge in [0.25, 0.3) is 0 Å². The number of hydrogen-bond acceptors (Lipinski definition) is 6. The molecule has 10 heteroatoms. The van der Waals surface area contributed by atoms with Crippen LogP contribution < -0.4 is 0 Å². The summed E-state index contributed by atoms with van der Waals surface area (Å²) in [5.41, 5.74) is 7.00. The fraction of sp³-hybridized carbons (Fsp3) is 0.400. The van der Waals surface area contributed by atoms with Crippen molar-refractivity contribution in [2.24, 2.45) is 0 Å². The predicted molar refractivity (Wildman–Crippen MR) is 248 cm³/mol. The van der Waals surface area contributed by atoms with Gasteiger partial charge in [-0.3, -0.25) is 0 Å². The minimum atomic E-state index is -0.465. The Morgan fingerprint density at radius 2 is 0.950 bits per heavy atom. The van der Waals surface area contributed by atoms with E-state index in [9.17, 15) is 9.59 Å². The van der Waals surface area contributed by atoms with E-state index < -0.39 is 11.2 Å². The molecule has 3 aliphatic rings. The Morgan fingerprint density at radius 1 is 0.567 bits per heavy atom. The molecule has 1 saturated heterocycles. The lowest BCUT2D eigenvalue weighted by Crippen LogP contribution is -2.41. The molecule has 318 valence electrons. The normalized spacial score (nSPS) is 17.2. The lowest BCUT2D eigenvalue weighted by molar-refractivity contribution is 0.00578. The number of nitrogens with zero attached hydrogens (tertiary/aromatic N) is 2. The number of amides is 2. The number of carbonyl (C=O) groups excluding carboxylic acids is 2. The summed E-state index contributed by atoms with van der Waals surface area (Å²) in [7, 11) is -0.314. The first kappa shape index (κ1) is 46.4. The number of benzene rings is 4. The molecule has 0 bridgehead atoms. The highest BCUT2D eigenvalue weighted by molar-refractivity contribution is 9.10. The van der Waals surface area contributed by atoms with Crippen LogP contribution in [0.2, 0.25) is 0 Å². The fourth-order valence-corrected chi connectivity index (χ4v) is 6.85. The fourth-order valence-electron chi connectivity index (χ4n) is 6.59. The van der Waals surface area contributed by atoms with Gasteiger partial charge in [0.1, 0.15) is 11.2 Å². The second kappa shape index (κ2) is 19.8. The van der Waals surface area contributed by atoms with Gasteiger partial charge in [0.05, 0.1) is 11.2 Å². The van der Waals surface area contributed by atoms with E-state index >= 15 is 0 Å². The standard InChI is InChI=1S/C22H25NO2.C16H28BNO4.C12H9Br/c1-22(2,3)25-21(24)23-15-13-20(14-16-23)19-11-9-18(10-12-19)17-7-5-4-6-8-17;1-14(2,3)20-13(19)18-10-8-12(9-11-18)17-21-15(4,5)16(6,7)22-17;13-12-8-6-11(7-9-12)10-4-2-1-3-5-10/h4-13H,14-16H2,1-3H3;8H,9-11H2,1-7H3;1-9H. The highest BCUT2D eigenvalue weighted by atomic mass is 79.9. The molecule has 0 aromatic heterocycles. The minimum Gasteiger partial charge on any atom is -0.444 e. The van der Waals surface area contributed by atoms with Crippen molar-refractivity contribution in [1.82, 2.24) is 9.80 Å². The molecule has 8 nitrogen and oxygen atoms in total. The summed E-state index contributed by atoms with van der Waals surface area (Å²) in [5, 5.41) is 0. The van der Waals surface area contributed by atoms with E-state index in [4.69, 9.17) is 18.8 Å². The summed E-state index contributed by atoms with van der Waals surface area (Å²) < 4.78 is 24.1. The Balaban J connectivity index is 0.000000179. The maximum absolute atomic E-state index is 12.1. The SMILES string of the molecule is Brc1ccc(-c2ccccc2)cc1.CC(C)(C)OC(=O)N1CC=C(B2OC(C)(C)C(C)(C)O2)CC1.CC(C)(C)OC(=O)N1CC=C(c2ccc(-c3ccccc3)cc2)CC1. The zero-order chi connectivity index (χ0) is 43.7. The maximum Gasteiger partial charge on any atom is 0.490 e. The lowest BCUT2D eigenvalue weighted by Gasteiger charge is -2.32. The highest BCUT2D eigenvalue weighted by Crippen LogP contribution is 2.39. The molecular formula is C50H62BBrN2O6. The van der Waals surface area contributed by atoms with Crippen LogP contribution in [0.4, 0.5) is 9.59 Å². The number of ether oxygens (including phenoxy) is 2. The maximum atomic E-state index is 12.1. The second-order valence-electron chi connectivity index (χ2n) is 18.3. The Morgan fingerprint density at radius 3 is 1.33 bits per heavy atom. The van der Waals surface area contributed by atoms with Crippen molar-refractivity contribution in [3.8, 4) is 22.3 Å². The van der Waals surface area contributed by atoms with Crippen molar-refractivity contribution in [3.05, 3.63) is 137 Å². The number of rotatable bonds is 4. The van der Waals surface area contributed by atoms with Crippen molar-refractivity contribution >= 4 is 40.8 Å². The molecule has 1 fully saturated rings. The molecule has 0 radical (unpaired) electrons. The first-order valence-corrected chi connectivity index (χ1v) is 21.7. The van der Waals surface area contributed by atoms with Crippen molar-refractivity contribution in [3.63, 3.8) is 0 Å². The van der Waals surface area contributed by atoms with E-state index in [2.05, 4.69) is 119 Å². The van der Waals surface area contributed by atoms with Crippen molar-refractivity contribution in [2.45, 2.75) is 104 Å². The Bertz CT molecular complexity index is 2070. The minimum absolute atomic E-state index is 0.234. The smallest absolute Gasteiger partial charge is 0.444 e. The first-order chi connectivity index (χ1) is 28.2. The number of hydrogen-bond donors (Lipinski definition) is 0. The molecule has 4 aromatic rings. The van der Waals surface area contributed by atoms with Crippen LogP contribution in [0, 0.1) is 0 Å². The molecule has 60 heavy (non-hydrogen) atoms. The van der Waals surface area contributed by atoms with Gasteiger partial charge in [-0.1, -0.05) is 125 Å². The van der Waals surface area contributed by atoms with Crippen molar-refractivity contribution in [2.75, 3.05) is 26.2 Å². The Labute approximate surface area is 367 Å². The zero-order valence-corrected chi connectivity index (χ0v) is 38.7. The molecule has 2 amide bonds. The highest BCUT2D eigenvalue weighted by Gasteiger charge is 2.52. The molecule has 0 spiro atoms. The van der Waals surface area contributed by atoms with Crippen molar-refractivity contribution in [1.29, 1.82) is 0 Å². The van der Waals surface area contributed by atoms with Gasteiger partial charge in [-0.2, -0.15) is 0 Å². The Kier molecular flexibility index (Phi) is 15.3. The van der Waals surface area contributed by atoms with Gasteiger partial charge in [0, 0.05) is 30.7 Å². The topological polar surface area (TPSA) is 77.5 Å². The summed E-state index contributed by atoms with van der Waals surface area (Å²) in [5.74, 6) is 0. The summed E-state index contributed by atoms with van der Waals surface area (Å²) in [6.45, 7) is 21.9. The quantitative estimate of drug-likeness (QED) is 0.190. The largest absolute Gasteiger partial charge is 0.490 e. The third-order valence-electron chi connectivity index (χ3n) is 10.6. The molecular weight excluding hydrogens is 815 g/mol. The van der Waals surface area contributed by atoms with Gasteiger partial charge in [-0.15, -0.1) is 0 Å². The summed E-state index contributed by atoms with van der Waals surface area (Å²) >= 11 is 3.42. The van der Waals surface area contributed by atoms with E-state index in [1.807, 2.05) is 87.4 Å². The average Bonchev–Trinajstić information content (AvgIpc) is 3.44. The van der Waals surface area contributed by atoms with Crippen LogP contribution in [0.1, 0.15) is 87.6 Å². The van der Waals surface area contributed by atoms with Crippen LogP contribution in [-0.2, 0) is 18.8 Å². The first-order valence-electron chi connectivity index (χ1n) is 20.9. The monoisotopic (exact) mass is 876 g/mol. The van der Waals surface area contributed by atoms with Crippen LogP contribution in [-0.4, -0.2) is 77.7 Å². The van der Waals surface area contributed by atoms with Gasteiger partial charge in [0.15, 0.2) is 0 Å². The van der Waals surface area contributed by atoms with Crippen LogP contribution in [0.5, 0.6) is 0 Å². The van der Waals surface area contributed by atoms with Crippen molar-refractivity contribution < 1.29 is 28.4 Å². The van der Waals surface area contributed by atoms with Gasteiger partial charge in [0.2, 0.25) is 0 Å². The third kappa shape index (κ3) is 13.4. The van der Waals surface area contributed by atoms with Crippen LogP contribution >= 0.6 is 15.9 Å². The second-order valence-corrected chi connectivity index (χ2v) is 19.2. The molecule has 3 heterocycles. The molecule has 0 atom stereocenters. The molecule has 0 aliphatic carbocycles. The third-order valence-corrected chi connectivity index (χ3v) is 11.2. The number of halogens is 1. The molecule has 0 saturated carbocycles. The zero-order valence-electron chi connectivity index (χ0n) is 37.1. The predicted octanol–water partition coefficient (Wildman–Crippen LogP) is 12.7. The summed E-state index contributed by atoms with van der Waals surface area (Å²) in [6.07, 6.45) is 5.25. The van der Waals surface area contributed by atoms with E-state index in [1.165, 1.54) is 33.4 Å². The Hall–Kier alpha value is -4.64. The van der Waals surface area contributed by atoms with Gasteiger partial charge < -0.3 is 28.6 Å². The summed E-state index contributed by atoms with van der Waals surface area (Å²) in [6, 6.07) is 37.7. The van der Waals surface area contributed by atoms with Crippen LogP contribution in [0.3, 0.4) is 0 Å². The van der Waals surface area contributed by atoms with Gasteiger partial charge >= 0.3 is 19.3 Å². The lowest BCUT2D eigenvalue weighted by atomic mass is 9.75. The van der Waals surface area contributed by atoms with Gasteiger partial charge in [-0.25, -0.2) is 9.59 Å². The molecule has 0 unspecified atom stereocenters. The molecule has 7 rings (SSSR count). The molecule has 3 aliphatic heterocycles. The summed E-state index contributed by atoms with van der Waals surface area (Å²) in [4.78, 5) is 27.7. The van der Waals surface area contributed by atoms with Gasteiger partial charge in [-0.05, 0) is 133 Å². The average molecular weight is 878 g/mol. The molecule has 4 aromatic carbocycles. The van der Waals surface area contributed by atoms with Crippen LogP contribution in [0.25, 0.3) is 27.8 Å². The van der Waals surface area contributed by atoms with E-state index in [1.54, 1.807) is 9.80 Å². The van der Waals surface area contributed by atoms with E-state index in [0.29, 0.717) is 26.2 Å². The number of carbonyl (C=O) groups is 2. The van der Waals surface area contributed by atoms with Crippen LogP contribution in [0.15, 0.2) is 131 Å².